The van der Waals surface area contributed by atoms with Crippen LogP contribution in [0.4, 0.5) is 0 Å². The van der Waals surface area contributed by atoms with Crippen LogP contribution >= 0.6 is 0 Å². The Bertz CT molecular complexity index is 957. The van der Waals surface area contributed by atoms with Gasteiger partial charge in [0.1, 0.15) is 0 Å². The number of rotatable bonds is 4. The topological polar surface area (TPSA) is 119 Å². The Labute approximate surface area is 143 Å². The highest BCUT2D eigenvalue weighted by Gasteiger charge is 2.24. The molecule has 0 spiro atoms. The molecule has 0 aliphatic carbocycles. The molecule has 0 bridgehead atoms. The number of aromatic nitrogens is 4. The molecule has 0 unspecified atom stereocenters. The van der Waals surface area contributed by atoms with E-state index in [0.717, 1.165) is 29.7 Å². The number of amides is 2. The molecule has 3 heterocycles. The number of hydrogen-bond donors (Lipinski definition) is 3. The molecule has 0 saturated carbocycles. The number of aromatic amines is 1. The molecule has 3 aromatic rings. The number of hydrogen-bond acceptors (Lipinski definition) is 4. The second-order valence-electron chi connectivity index (χ2n) is 6.30. The second-order valence-corrected chi connectivity index (χ2v) is 6.30. The Hall–Kier alpha value is -3.16. The van der Waals surface area contributed by atoms with Crippen LogP contribution in [0.1, 0.15) is 32.8 Å². The zero-order valence-electron chi connectivity index (χ0n) is 13.5. The summed E-state index contributed by atoms with van der Waals surface area (Å²) in [5.74, 6) is -0.327. The summed E-state index contributed by atoms with van der Waals surface area (Å²) in [4.78, 5) is 31.0. The number of imidazole rings is 1. The molecular weight excluding hydrogens is 320 g/mol. The van der Waals surface area contributed by atoms with E-state index in [0.29, 0.717) is 24.1 Å². The zero-order chi connectivity index (χ0) is 17.4. The predicted octanol–water partition coefficient (Wildman–Crippen LogP) is 0.851. The molecule has 1 aliphatic heterocycles. The number of carbonyl (C=O) groups is 2. The zero-order valence-corrected chi connectivity index (χ0v) is 13.5. The number of aryl methyl sites for hydroxylation is 1. The van der Waals surface area contributed by atoms with Gasteiger partial charge in [-0.25, -0.2) is 4.98 Å². The first-order chi connectivity index (χ1) is 12.1. The highest BCUT2D eigenvalue weighted by molar-refractivity contribution is 5.97. The fourth-order valence-electron chi connectivity index (χ4n) is 3.30. The number of fused-ring (bicyclic) bond motifs is 2. The van der Waals surface area contributed by atoms with E-state index in [9.17, 15) is 9.59 Å². The molecule has 25 heavy (non-hydrogen) atoms. The molecule has 1 atom stereocenters. The highest BCUT2D eigenvalue weighted by atomic mass is 16.2. The number of nitrogens with one attached hydrogen (secondary N) is 2. The van der Waals surface area contributed by atoms with Gasteiger partial charge >= 0.3 is 0 Å². The van der Waals surface area contributed by atoms with Crippen LogP contribution in [0.2, 0.25) is 0 Å². The van der Waals surface area contributed by atoms with Crippen molar-refractivity contribution in [1.29, 1.82) is 0 Å². The number of nitrogens with two attached hydrogens (primary N) is 1. The summed E-state index contributed by atoms with van der Waals surface area (Å²) >= 11 is 0. The van der Waals surface area contributed by atoms with Crippen LogP contribution in [0.5, 0.6) is 0 Å². The van der Waals surface area contributed by atoms with Gasteiger partial charge in [-0.15, -0.1) is 0 Å². The van der Waals surface area contributed by atoms with Crippen molar-refractivity contribution in [2.75, 3.05) is 6.54 Å². The molecule has 0 radical (unpaired) electrons. The van der Waals surface area contributed by atoms with Crippen molar-refractivity contribution < 1.29 is 9.59 Å². The van der Waals surface area contributed by atoms with Crippen molar-refractivity contribution in [2.24, 2.45) is 11.7 Å². The lowest BCUT2D eigenvalue weighted by molar-refractivity contribution is 0.0942. The van der Waals surface area contributed by atoms with Crippen LogP contribution in [-0.2, 0) is 13.0 Å². The summed E-state index contributed by atoms with van der Waals surface area (Å²) in [5.41, 5.74) is 8.98. The van der Waals surface area contributed by atoms with Crippen molar-refractivity contribution in [3.8, 4) is 0 Å². The highest BCUT2D eigenvalue weighted by Crippen LogP contribution is 2.22. The van der Waals surface area contributed by atoms with Gasteiger partial charge < -0.3 is 16.0 Å². The van der Waals surface area contributed by atoms with Crippen LogP contribution in [0.3, 0.4) is 0 Å². The molecule has 4 N–H and O–H groups in total. The first kappa shape index (κ1) is 15.4. The molecule has 128 valence electrons. The monoisotopic (exact) mass is 338 g/mol. The average molecular weight is 338 g/mol. The van der Waals surface area contributed by atoms with Crippen molar-refractivity contribution in [2.45, 2.75) is 19.4 Å². The minimum atomic E-state index is -0.459. The van der Waals surface area contributed by atoms with E-state index in [1.807, 2.05) is 10.7 Å². The first-order valence-electron chi connectivity index (χ1n) is 8.17. The Morgan fingerprint density at radius 1 is 1.40 bits per heavy atom. The summed E-state index contributed by atoms with van der Waals surface area (Å²) in [6.45, 7) is 1.27. The standard InChI is InChI=1S/C17H18N6O2/c18-16(24)12-8-22-23-4-3-10(5-15(12)23)7-19-17(25)11-1-2-13-14(6-11)21-9-20-13/h1-2,6,8-10H,3-5,7H2,(H2,18,24)(H,19,25)(H,20,21)/t10-/m1/s1. The van der Waals surface area contributed by atoms with Crippen LogP contribution in [0.25, 0.3) is 11.0 Å². The quantitative estimate of drug-likeness (QED) is 0.653. The van der Waals surface area contributed by atoms with Crippen LogP contribution < -0.4 is 11.1 Å². The lowest BCUT2D eigenvalue weighted by Gasteiger charge is -2.24. The van der Waals surface area contributed by atoms with Crippen molar-refractivity contribution >= 4 is 22.8 Å². The Kier molecular flexibility index (Phi) is 3.72. The van der Waals surface area contributed by atoms with Gasteiger partial charge in [-0.2, -0.15) is 5.10 Å². The average Bonchev–Trinajstić information content (AvgIpc) is 3.24. The van der Waals surface area contributed by atoms with Crippen LogP contribution in [-0.4, -0.2) is 38.1 Å². The molecule has 8 heteroatoms. The molecule has 2 amide bonds. The second kappa shape index (κ2) is 6.04. The molecule has 2 aromatic heterocycles. The smallest absolute Gasteiger partial charge is 0.252 e. The van der Waals surface area contributed by atoms with E-state index in [2.05, 4.69) is 20.4 Å². The van der Waals surface area contributed by atoms with Crippen LogP contribution in [0.15, 0.2) is 30.7 Å². The summed E-state index contributed by atoms with van der Waals surface area (Å²) in [5, 5.41) is 7.18. The van der Waals surface area contributed by atoms with Gasteiger partial charge in [-0.3, -0.25) is 14.3 Å². The molecule has 4 rings (SSSR count). The normalized spacial score (nSPS) is 16.6. The summed E-state index contributed by atoms with van der Waals surface area (Å²) < 4.78 is 1.82. The van der Waals surface area contributed by atoms with Crippen LogP contribution in [0, 0.1) is 5.92 Å². The molecular formula is C17H18N6O2. The predicted molar refractivity (Wildman–Crippen MR) is 91.0 cm³/mol. The number of benzene rings is 1. The van der Waals surface area contributed by atoms with Gasteiger partial charge in [-0.05, 0) is 37.0 Å². The van der Waals surface area contributed by atoms with Gasteiger partial charge in [0.2, 0.25) is 0 Å². The van der Waals surface area contributed by atoms with E-state index in [4.69, 9.17) is 5.73 Å². The molecule has 1 aromatic carbocycles. The van der Waals surface area contributed by atoms with Gasteiger partial charge in [0.15, 0.2) is 0 Å². The maximum absolute atomic E-state index is 12.4. The largest absolute Gasteiger partial charge is 0.365 e. The van der Waals surface area contributed by atoms with Gasteiger partial charge in [0, 0.05) is 18.7 Å². The third-order valence-corrected chi connectivity index (χ3v) is 4.68. The Morgan fingerprint density at radius 2 is 2.28 bits per heavy atom. The van der Waals surface area contributed by atoms with E-state index >= 15 is 0 Å². The fraction of sp³-hybridized carbons (Fsp3) is 0.294. The van der Waals surface area contributed by atoms with Crippen molar-refractivity contribution in [3.63, 3.8) is 0 Å². The van der Waals surface area contributed by atoms with Crippen molar-refractivity contribution in [1.82, 2.24) is 25.1 Å². The maximum Gasteiger partial charge on any atom is 0.252 e. The van der Waals surface area contributed by atoms with Gasteiger partial charge in [0.05, 0.1) is 34.8 Å². The van der Waals surface area contributed by atoms with Gasteiger partial charge in [-0.1, -0.05) is 0 Å². The third kappa shape index (κ3) is 2.86. The molecule has 0 saturated heterocycles. The third-order valence-electron chi connectivity index (χ3n) is 4.68. The minimum absolute atomic E-state index is 0.120. The summed E-state index contributed by atoms with van der Waals surface area (Å²) in [6.07, 6.45) is 4.71. The number of carbonyl (C=O) groups excluding carboxylic acids is 2. The SMILES string of the molecule is NC(=O)c1cnn2c1C[C@H](CNC(=O)c1ccc3nc[nH]c3c1)CC2. The number of nitrogens with zero attached hydrogens (tertiary/aromatic N) is 3. The lowest BCUT2D eigenvalue weighted by atomic mass is 9.94. The van der Waals surface area contributed by atoms with E-state index in [1.54, 1.807) is 18.5 Å². The Balaban J connectivity index is 1.42. The first-order valence-corrected chi connectivity index (χ1v) is 8.17. The number of primary amides is 1. The lowest BCUT2D eigenvalue weighted by Crippen LogP contribution is -2.33. The Morgan fingerprint density at radius 3 is 3.12 bits per heavy atom. The summed E-state index contributed by atoms with van der Waals surface area (Å²) in [6, 6.07) is 5.37. The minimum Gasteiger partial charge on any atom is -0.365 e. The molecule has 0 fully saturated rings. The van der Waals surface area contributed by atoms with Crippen molar-refractivity contribution in [3.05, 3.63) is 47.5 Å². The molecule has 8 nitrogen and oxygen atoms in total. The van der Waals surface area contributed by atoms with E-state index < -0.39 is 5.91 Å². The van der Waals surface area contributed by atoms with E-state index in [-0.39, 0.29) is 11.8 Å². The maximum atomic E-state index is 12.4. The summed E-state index contributed by atoms with van der Waals surface area (Å²) in [7, 11) is 0. The number of H-pyrrole nitrogens is 1. The molecule has 1 aliphatic rings. The van der Waals surface area contributed by atoms with E-state index in [1.165, 1.54) is 6.20 Å². The fourth-order valence-corrected chi connectivity index (χ4v) is 3.30. The van der Waals surface area contributed by atoms with Gasteiger partial charge in [0.25, 0.3) is 11.8 Å².